The molecule has 136 valence electrons. The normalized spacial score (nSPS) is 14.5. The van der Waals surface area contributed by atoms with Crippen molar-refractivity contribution in [3.05, 3.63) is 60.2 Å². The van der Waals surface area contributed by atoms with Gasteiger partial charge in [-0.15, -0.1) is 0 Å². The SMILES string of the molecule is O=C(COC(=O)c1ccccc1Oc1ccccc1)NC1CCCCC1. The average Bonchev–Trinajstić information content (AvgIpc) is 2.68. The number of hydrogen-bond acceptors (Lipinski definition) is 4. The van der Waals surface area contributed by atoms with Gasteiger partial charge in [-0.2, -0.15) is 0 Å². The van der Waals surface area contributed by atoms with Crippen LogP contribution in [0.3, 0.4) is 0 Å². The third kappa shape index (κ3) is 5.09. The van der Waals surface area contributed by atoms with E-state index in [1.807, 2.05) is 18.2 Å². The minimum absolute atomic E-state index is 0.198. The summed E-state index contributed by atoms with van der Waals surface area (Å²) >= 11 is 0. The van der Waals surface area contributed by atoms with Gasteiger partial charge in [0.15, 0.2) is 6.61 Å². The lowest BCUT2D eigenvalue weighted by atomic mass is 9.95. The predicted molar refractivity (Wildman–Crippen MR) is 98.3 cm³/mol. The zero-order valence-corrected chi connectivity index (χ0v) is 14.6. The van der Waals surface area contributed by atoms with Gasteiger partial charge in [0.2, 0.25) is 0 Å². The van der Waals surface area contributed by atoms with Gasteiger partial charge in [0.1, 0.15) is 17.1 Å². The third-order valence-corrected chi connectivity index (χ3v) is 4.38. The molecule has 1 saturated carbocycles. The second-order valence-corrected chi connectivity index (χ2v) is 6.39. The van der Waals surface area contributed by atoms with Gasteiger partial charge >= 0.3 is 5.97 Å². The molecule has 3 rings (SSSR count). The van der Waals surface area contributed by atoms with Gasteiger partial charge < -0.3 is 14.8 Å². The molecule has 0 aromatic heterocycles. The van der Waals surface area contributed by atoms with Crippen LogP contribution in [-0.4, -0.2) is 24.5 Å². The molecule has 2 aromatic carbocycles. The van der Waals surface area contributed by atoms with Crippen molar-refractivity contribution in [2.45, 2.75) is 38.1 Å². The van der Waals surface area contributed by atoms with Gasteiger partial charge in [-0.3, -0.25) is 4.79 Å². The van der Waals surface area contributed by atoms with E-state index < -0.39 is 5.97 Å². The molecule has 1 fully saturated rings. The van der Waals surface area contributed by atoms with E-state index in [4.69, 9.17) is 9.47 Å². The predicted octanol–water partition coefficient (Wildman–Crippen LogP) is 4.08. The Hall–Kier alpha value is -2.82. The van der Waals surface area contributed by atoms with Gasteiger partial charge in [0, 0.05) is 6.04 Å². The number of carbonyl (C=O) groups excluding carboxylic acids is 2. The molecule has 0 bridgehead atoms. The molecule has 5 nitrogen and oxygen atoms in total. The van der Waals surface area contributed by atoms with E-state index >= 15 is 0 Å². The number of hydrogen-bond donors (Lipinski definition) is 1. The Kier molecular flexibility index (Phi) is 6.25. The van der Waals surface area contributed by atoms with Gasteiger partial charge in [0.05, 0.1) is 0 Å². The highest BCUT2D eigenvalue weighted by Gasteiger charge is 2.18. The van der Waals surface area contributed by atoms with E-state index in [0.717, 1.165) is 25.7 Å². The maximum absolute atomic E-state index is 12.4. The molecule has 26 heavy (non-hydrogen) atoms. The number of amides is 1. The lowest BCUT2D eigenvalue weighted by Crippen LogP contribution is -2.38. The van der Waals surface area contributed by atoms with E-state index in [-0.39, 0.29) is 18.6 Å². The van der Waals surface area contributed by atoms with Crippen LogP contribution >= 0.6 is 0 Å². The summed E-state index contributed by atoms with van der Waals surface area (Å²) in [5, 5.41) is 2.93. The standard InChI is InChI=1S/C21H23NO4/c23-20(22-16-9-3-1-4-10-16)15-25-21(24)18-13-7-8-14-19(18)26-17-11-5-2-6-12-17/h2,5-8,11-14,16H,1,3-4,9-10,15H2,(H,22,23). The Morgan fingerprint density at radius 2 is 1.62 bits per heavy atom. The first-order valence-corrected chi connectivity index (χ1v) is 9.01. The number of nitrogens with one attached hydrogen (secondary N) is 1. The van der Waals surface area contributed by atoms with Crippen molar-refractivity contribution in [2.75, 3.05) is 6.61 Å². The van der Waals surface area contributed by atoms with Crippen LogP contribution in [0.15, 0.2) is 54.6 Å². The molecule has 0 heterocycles. The molecule has 0 saturated heterocycles. The first-order valence-electron chi connectivity index (χ1n) is 9.01. The van der Waals surface area contributed by atoms with Crippen LogP contribution in [0.1, 0.15) is 42.5 Å². The highest BCUT2D eigenvalue weighted by Crippen LogP contribution is 2.25. The first kappa shape index (κ1) is 18.0. The van der Waals surface area contributed by atoms with Crippen molar-refractivity contribution < 1.29 is 19.1 Å². The lowest BCUT2D eigenvalue weighted by molar-refractivity contribution is -0.125. The van der Waals surface area contributed by atoms with Crippen LogP contribution in [0.25, 0.3) is 0 Å². The second kappa shape index (κ2) is 9.04. The Bertz CT molecular complexity index is 739. The van der Waals surface area contributed by atoms with E-state index in [2.05, 4.69) is 5.32 Å². The van der Waals surface area contributed by atoms with Crippen LogP contribution in [0.5, 0.6) is 11.5 Å². The topological polar surface area (TPSA) is 64.6 Å². The molecular formula is C21H23NO4. The Morgan fingerprint density at radius 1 is 0.923 bits per heavy atom. The van der Waals surface area contributed by atoms with Crippen molar-refractivity contribution in [1.82, 2.24) is 5.32 Å². The summed E-state index contributed by atoms with van der Waals surface area (Å²) in [6.45, 7) is -0.283. The summed E-state index contributed by atoms with van der Waals surface area (Å²) in [6.07, 6.45) is 5.48. The van der Waals surface area contributed by atoms with Gasteiger partial charge in [0.25, 0.3) is 5.91 Å². The Morgan fingerprint density at radius 3 is 2.38 bits per heavy atom. The number of rotatable bonds is 6. The summed E-state index contributed by atoms with van der Waals surface area (Å²) in [5.74, 6) is 0.196. The maximum Gasteiger partial charge on any atom is 0.342 e. The van der Waals surface area contributed by atoms with Gasteiger partial charge in [-0.25, -0.2) is 4.79 Å². The molecule has 1 aliphatic rings. The average molecular weight is 353 g/mol. The van der Waals surface area contributed by atoms with E-state index in [0.29, 0.717) is 17.1 Å². The zero-order valence-electron chi connectivity index (χ0n) is 14.6. The largest absolute Gasteiger partial charge is 0.456 e. The third-order valence-electron chi connectivity index (χ3n) is 4.38. The fourth-order valence-electron chi connectivity index (χ4n) is 3.06. The summed E-state index contributed by atoms with van der Waals surface area (Å²) in [7, 11) is 0. The number of benzene rings is 2. The van der Waals surface area contributed by atoms with Gasteiger partial charge in [-0.1, -0.05) is 49.6 Å². The zero-order chi connectivity index (χ0) is 18.2. The highest BCUT2D eigenvalue weighted by atomic mass is 16.5. The monoisotopic (exact) mass is 353 g/mol. The molecule has 1 N–H and O–H groups in total. The summed E-state index contributed by atoms with van der Waals surface area (Å²) in [6, 6.07) is 16.2. The lowest BCUT2D eigenvalue weighted by Gasteiger charge is -2.22. The molecule has 0 unspecified atom stereocenters. The minimum atomic E-state index is -0.574. The molecule has 1 aliphatic carbocycles. The number of esters is 1. The molecule has 1 amide bonds. The van der Waals surface area contributed by atoms with Crippen LogP contribution in [0, 0.1) is 0 Å². The van der Waals surface area contributed by atoms with Crippen molar-refractivity contribution >= 4 is 11.9 Å². The molecule has 0 spiro atoms. The van der Waals surface area contributed by atoms with Crippen LogP contribution in [-0.2, 0) is 9.53 Å². The van der Waals surface area contributed by atoms with Crippen molar-refractivity contribution in [1.29, 1.82) is 0 Å². The molecular weight excluding hydrogens is 330 g/mol. The van der Waals surface area contributed by atoms with Gasteiger partial charge in [-0.05, 0) is 37.1 Å². The van der Waals surface area contributed by atoms with Crippen LogP contribution in [0.4, 0.5) is 0 Å². The van der Waals surface area contributed by atoms with E-state index in [9.17, 15) is 9.59 Å². The number of ether oxygens (including phenoxy) is 2. The molecule has 2 aromatic rings. The Balaban J connectivity index is 1.56. The molecule has 0 atom stereocenters. The molecule has 0 radical (unpaired) electrons. The summed E-state index contributed by atoms with van der Waals surface area (Å²) < 4.78 is 10.9. The second-order valence-electron chi connectivity index (χ2n) is 6.39. The highest BCUT2D eigenvalue weighted by molar-refractivity contribution is 5.94. The summed E-state index contributed by atoms with van der Waals surface area (Å²) in [5.41, 5.74) is 0.293. The summed E-state index contributed by atoms with van der Waals surface area (Å²) in [4.78, 5) is 24.4. The first-order chi connectivity index (χ1) is 12.7. The van der Waals surface area contributed by atoms with E-state index in [1.54, 1.807) is 36.4 Å². The minimum Gasteiger partial charge on any atom is -0.456 e. The molecule has 0 aliphatic heterocycles. The maximum atomic E-state index is 12.4. The van der Waals surface area contributed by atoms with Crippen molar-refractivity contribution in [3.63, 3.8) is 0 Å². The fraction of sp³-hybridized carbons (Fsp3) is 0.333. The van der Waals surface area contributed by atoms with Crippen LogP contribution in [0.2, 0.25) is 0 Å². The number of para-hydroxylation sites is 2. The van der Waals surface area contributed by atoms with Crippen molar-refractivity contribution in [2.24, 2.45) is 0 Å². The van der Waals surface area contributed by atoms with E-state index in [1.165, 1.54) is 6.42 Å². The number of carbonyl (C=O) groups is 2. The van der Waals surface area contributed by atoms with Crippen LogP contribution < -0.4 is 10.1 Å². The quantitative estimate of drug-likeness (QED) is 0.795. The fourth-order valence-corrected chi connectivity index (χ4v) is 3.06. The Labute approximate surface area is 153 Å². The molecule has 5 heteroatoms. The smallest absolute Gasteiger partial charge is 0.342 e. The van der Waals surface area contributed by atoms with Crippen molar-refractivity contribution in [3.8, 4) is 11.5 Å².